The summed E-state index contributed by atoms with van der Waals surface area (Å²) in [5.74, 6) is 3.41. The Bertz CT molecular complexity index is 3100. The minimum Gasteiger partial charge on any atom is -0.460 e. The van der Waals surface area contributed by atoms with E-state index in [1.807, 2.05) is 0 Å². The van der Waals surface area contributed by atoms with Crippen LogP contribution in [0.25, 0.3) is 78.4 Å². The highest BCUT2D eigenvalue weighted by Gasteiger charge is 2.32. The van der Waals surface area contributed by atoms with Gasteiger partial charge in [-0.1, -0.05) is 117 Å². The van der Waals surface area contributed by atoms with Crippen molar-refractivity contribution >= 4 is 39.0 Å². The van der Waals surface area contributed by atoms with E-state index in [9.17, 15) is 0 Å². The van der Waals surface area contributed by atoms with Crippen molar-refractivity contribution in [1.82, 2.24) is 19.5 Å². The number of hydrogen-bond donors (Lipinski definition) is 0. The van der Waals surface area contributed by atoms with E-state index in [-0.39, 0.29) is 5.92 Å². The number of benzene rings is 6. The van der Waals surface area contributed by atoms with Crippen LogP contribution in [0.3, 0.4) is 0 Å². The van der Waals surface area contributed by atoms with Gasteiger partial charge in [-0.15, -0.1) is 0 Å². The molecule has 5 nitrogen and oxygen atoms in total. The third-order valence-electron chi connectivity index (χ3n) is 12.0. The quantitative estimate of drug-likeness (QED) is 0.170. The number of allylic oxidation sites excluding steroid dienone is 2. The molecule has 2 atom stereocenters. The number of furan rings is 1. The lowest BCUT2D eigenvalue weighted by Crippen LogP contribution is -2.08. The minimum absolute atomic E-state index is 0.258. The van der Waals surface area contributed by atoms with Gasteiger partial charge < -0.3 is 8.98 Å². The Kier molecular flexibility index (Phi) is 8.14. The SMILES string of the molecule is CC1C=C(c2cccc(-n3c4ccccc4c4cc(-c5ncncn5)ccc43)c2)c2oc3c(c2C1)C=C(c1cccc(-c2cccc(-c4ccccc4)c2)c1)CC3C. The molecule has 2 aliphatic carbocycles. The van der Waals surface area contributed by atoms with Crippen LogP contribution in [-0.2, 0) is 6.42 Å². The van der Waals surface area contributed by atoms with Crippen LogP contribution in [0.15, 0.2) is 169 Å². The van der Waals surface area contributed by atoms with Gasteiger partial charge in [0.15, 0.2) is 5.82 Å². The zero-order chi connectivity index (χ0) is 38.7. The Morgan fingerprint density at radius 3 is 2.07 bits per heavy atom. The van der Waals surface area contributed by atoms with E-state index in [1.165, 1.54) is 55.5 Å². The topological polar surface area (TPSA) is 56.7 Å². The Balaban J connectivity index is 0.967. The first-order valence-corrected chi connectivity index (χ1v) is 20.2. The van der Waals surface area contributed by atoms with E-state index in [0.717, 1.165) is 57.6 Å². The molecular formula is C53H40N4O. The molecule has 9 aromatic rings. The lowest BCUT2D eigenvalue weighted by molar-refractivity contribution is 0.462. The fraction of sp³-hybridized carbons (Fsp3) is 0.113. The molecule has 3 heterocycles. The van der Waals surface area contributed by atoms with Crippen molar-refractivity contribution in [1.29, 1.82) is 0 Å². The Hall–Kier alpha value is -7.11. The van der Waals surface area contributed by atoms with Crippen molar-refractivity contribution in [2.75, 3.05) is 0 Å². The summed E-state index contributed by atoms with van der Waals surface area (Å²) in [6.45, 7) is 4.64. The van der Waals surface area contributed by atoms with Crippen molar-refractivity contribution in [3.8, 4) is 39.3 Å². The fourth-order valence-corrected chi connectivity index (χ4v) is 9.27. The van der Waals surface area contributed by atoms with E-state index >= 15 is 0 Å². The highest BCUT2D eigenvalue weighted by atomic mass is 16.3. The molecule has 11 rings (SSSR count). The van der Waals surface area contributed by atoms with Gasteiger partial charge in [0.2, 0.25) is 0 Å². The summed E-state index contributed by atoms with van der Waals surface area (Å²) in [6, 6.07) is 52.6. The first kappa shape index (κ1) is 34.2. The lowest BCUT2D eigenvalue weighted by Gasteiger charge is -2.21. The van der Waals surface area contributed by atoms with E-state index < -0.39 is 0 Å². The number of para-hydroxylation sites is 1. The predicted octanol–water partition coefficient (Wildman–Crippen LogP) is 13.2. The number of aromatic nitrogens is 4. The van der Waals surface area contributed by atoms with Crippen LogP contribution in [0.4, 0.5) is 0 Å². The van der Waals surface area contributed by atoms with Crippen molar-refractivity contribution < 1.29 is 4.42 Å². The second-order valence-electron chi connectivity index (χ2n) is 15.8. The third-order valence-corrected chi connectivity index (χ3v) is 12.0. The molecule has 0 bridgehead atoms. The van der Waals surface area contributed by atoms with Gasteiger partial charge in [0.25, 0.3) is 0 Å². The second kappa shape index (κ2) is 13.8. The maximum atomic E-state index is 6.98. The molecule has 0 aliphatic heterocycles. The van der Waals surface area contributed by atoms with E-state index in [0.29, 0.717) is 11.7 Å². The van der Waals surface area contributed by atoms with E-state index in [4.69, 9.17) is 4.42 Å². The average molecular weight is 749 g/mol. The number of fused-ring (bicyclic) bond motifs is 6. The molecule has 0 fully saturated rings. The summed E-state index contributed by atoms with van der Waals surface area (Å²) in [7, 11) is 0. The lowest BCUT2D eigenvalue weighted by atomic mass is 9.80. The summed E-state index contributed by atoms with van der Waals surface area (Å²) in [5, 5.41) is 2.35. The molecule has 0 saturated carbocycles. The van der Waals surface area contributed by atoms with E-state index in [2.05, 4.69) is 191 Å². The van der Waals surface area contributed by atoms with Gasteiger partial charge in [0.1, 0.15) is 24.2 Å². The van der Waals surface area contributed by atoms with Gasteiger partial charge >= 0.3 is 0 Å². The standard InChI is InChI=1S/C53H40N4O/c1-33-23-45(40-17-10-18-43(28-40)57-49-20-7-6-19-44(49)46-29-41(21-22-50(46)57)53-55-31-54-32-56-53)52-47(24-33)48-30-42(25-34(2)51(48)58-52)39-16-9-15-38(27-39)37-14-8-13-36(26-37)35-11-4-3-5-12-35/h3-23,26-34H,24-25H2,1-2H3. The van der Waals surface area contributed by atoms with Crippen LogP contribution in [0, 0.1) is 5.92 Å². The molecule has 0 saturated heterocycles. The van der Waals surface area contributed by atoms with Crippen LogP contribution in [0.1, 0.15) is 60.0 Å². The van der Waals surface area contributed by atoms with Crippen LogP contribution in [-0.4, -0.2) is 19.5 Å². The highest BCUT2D eigenvalue weighted by Crippen LogP contribution is 2.47. The third kappa shape index (κ3) is 5.81. The number of hydrogen-bond acceptors (Lipinski definition) is 4. The molecule has 5 heteroatoms. The normalized spacial score (nSPS) is 16.2. The molecule has 3 aromatic heterocycles. The van der Waals surface area contributed by atoms with Crippen LogP contribution < -0.4 is 0 Å². The molecular weight excluding hydrogens is 709 g/mol. The first-order valence-electron chi connectivity index (χ1n) is 20.2. The predicted molar refractivity (Wildman–Crippen MR) is 236 cm³/mol. The first-order chi connectivity index (χ1) is 28.6. The van der Waals surface area contributed by atoms with Gasteiger partial charge in [-0.2, -0.15) is 0 Å². The summed E-state index contributed by atoms with van der Waals surface area (Å²) in [5.41, 5.74) is 16.8. The summed E-state index contributed by atoms with van der Waals surface area (Å²) >= 11 is 0. The van der Waals surface area contributed by atoms with Crippen LogP contribution in [0.2, 0.25) is 0 Å². The number of rotatable bonds is 6. The second-order valence-corrected chi connectivity index (χ2v) is 15.8. The van der Waals surface area contributed by atoms with Crippen LogP contribution >= 0.6 is 0 Å². The zero-order valence-electron chi connectivity index (χ0n) is 32.4. The molecule has 2 unspecified atom stereocenters. The van der Waals surface area contributed by atoms with Crippen molar-refractivity contribution in [2.24, 2.45) is 5.92 Å². The largest absolute Gasteiger partial charge is 0.460 e. The molecule has 0 spiro atoms. The van der Waals surface area contributed by atoms with Gasteiger partial charge in [-0.05, 0) is 112 Å². The molecule has 278 valence electrons. The van der Waals surface area contributed by atoms with Crippen LogP contribution in [0.5, 0.6) is 0 Å². The number of nitrogens with zero attached hydrogens (tertiary/aromatic N) is 4. The van der Waals surface area contributed by atoms with Gasteiger partial charge in [0.05, 0.1) is 11.0 Å². The maximum Gasteiger partial charge on any atom is 0.162 e. The zero-order valence-corrected chi connectivity index (χ0v) is 32.4. The average Bonchev–Trinajstić information content (AvgIpc) is 3.82. The molecule has 0 amide bonds. The van der Waals surface area contributed by atoms with Crippen molar-refractivity contribution in [3.05, 3.63) is 198 Å². The summed E-state index contributed by atoms with van der Waals surface area (Å²) in [4.78, 5) is 12.8. The monoisotopic (exact) mass is 748 g/mol. The van der Waals surface area contributed by atoms with E-state index in [1.54, 1.807) is 12.7 Å². The smallest absolute Gasteiger partial charge is 0.162 e. The van der Waals surface area contributed by atoms with Gasteiger partial charge in [0, 0.05) is 44.6 Å². The Morgan fingerprint density at radius 2 is 1.24 bits per heavy atom. The summed E-state index contributed by atoms with van der Waals surface area (Å²) < 4.78 is 9.35. The molecule has 2 aliphatic rings. The Morgan fingerprint density at radius 1 is 0.569 bits per heavy atom. The van der Waals surface area contributed by atoms with Gasteiger partial charge in [-0.25, -0.2) is 15.0 Å². The van der Waals surface area contributed by atoms with Crippen molar-refractivity contribution in [2.45, 2.75) is 32.6 Å². The minimum atomic E-state index is 0.258. The highest BCUT2D eigenvalue weighted by molar-refractivity contribution is 6.10. The van der Waals surface area contributed by atoms with Gasteiger partial charge in [-0.3, -0.25) is 0 Å². The molecule has 6 aromatic carbocycles. The maximum absolute atomic E-state index is 6.98. The Labute approximate surface area is 337 Å². The molecule has 0 N–H and O–H groups in total. The molecule has 58 heavy (non-hydrogen) atoms. The molecule has 0 radical (unpaired) electrons. The fourth-order valence-electron chi connectivity index (χ4n) is 9.27. The van der Waals surface area contributed by atoms with Crippen molar-refractivity contribution in [3.63, 3.8) is 0 Å². The summed E-state index contributed by atoms with van der Waals surface area (Å²) in [6.07, 6.45) is 9.81.